The predicted octanol–water partition coefficient (Wildman–Crippen LogP) is 4.02. The largest absolute Gasteiger partial charge is 0.250 e. The van der Waals surface area contributed by atoms with Crippen LogP contribution in [0.15, 0.2) is 72.8 Å². The lowest BCUT2D eigenvalue weighted by molar-refractivity contribution is 0.621. The van der Waals surface area contributed by atoms with E-state index in [4.69, 9.17) is 5.14 Å². The second-order valence-corrected chi connectivity index (χ2v) is 6.71. The predicted molar refractivity (Wildman–Crippen MR) is 91.4 cm³/mol. The summed E-state index contributed by atoms with van der Waals surface area (Å²) in [6.45, 7) is 0. The van der Waals surface area contributed by atoms with Gasteiger partial charge >= 0.3 is 0 Å². The number of rotatable bonds is 4. The Morgan fingerprint density at radius 3 is 1.04 bits per heavy atom. The van der Waals surface area contributed by atoms with E-state index in [9.17, 15) is 17.4 Å². The van der Waals surface area contributed by atoms with E-state index in [-0.39, 0.29) is 0 Å². The van der Waals surface area contributed by atoms with Crippen molar-refractivity contribution < 1.29 is 17.4 Å². The van der Waals surface area contributed by atoms with E-state index in [1.54, 1.807) is 0 Å². The van der Waals surface area contributed by atoms with Gasteiger partial charge in [0, 0.05) is 0 Å². The van der Waals surface area contributed by atoms with Gasteiger partial charge in [0.25, 0.3) is 0 Å². The van der Waals surface area contributed by atoms with Crippen molar-refractivity contribution in [1.82, 2.24) is 0 Å². The third-order valence-corrected chi connectivity index (χ3v) is 5.36. The van der Waals surface area contributed by atoms with Crippen LogP contribution in [0, 0.1) is 17.5 Å². The molecule has 0 aliphatic heterocycles. The minimum absolute atomic E-state index is 0.452. The second kappa shape index (κ2) is 6.82. The van der Waals surface area contributed by atoms with E-state index in [1.165, 1.54) is 72.8 Å². The normalized spacial score (nSPS) is 12.8. The van der Waals surface area contributed by atoms with E-state index in [1.807, 2.05) is 0 Å². The first-order valence-corrected chi connectivity index (χ1v) is 8.60. The van der Waals surface area contributed by atoms with Gasteiger partial charge in [-0.2, -0.15) is 0 Å². The SMILES string of the molecule is NS(=O)C(c1ccc(F)cc1)(c1ccc(F)cc1)c1ccc(F)cc1. The van der Waals surface area contributed by atoms with Crippen LogP contribution in [0.25, 0.3) is 0 Å². The monoisotopic (exact) mass is 361 g/mol. The van der Waals surface area contributed by atoms with Crippen LogP contribution < -0.4 is 5.14 Å². The van der Waals surface area contributed by atoms with Gasteiger partial charge in [0.15, 0.2) is 0 Å². The average Bonchev–Trinajstić information content (AvgIpc) is 2.60. The number of hydrogen-bond acceptors (Lipinski definition) is 1. The van der Waals surface area contributed by atoms with Gasteiger partial charge in [0.1, 0.15) is 33.2 Å². The van der Waals surface area contributed by atoms with Crippen molar-refractivity contribution in [2.75, 3.05) is 0 Å². The smallest absolute Gasteiger partial charge is 0.135 e. The van der Waals surface area contributed by atoms with E-state index in [2.05, 4.69) is 0 Å². The Labute approximate surface area is 145 Å². The van der Waals surface area contributed by atoms with E-state index < -0.39 is 33.2 Å². The molecule has 6 heteroatoms. The topological polar surface area (TPSA) is 43.1 Å². The molecule has 0 saturated carbocycles. The van der Waals surface area contributed by atoms with Crippen LogP contribution in [0.4, 0.5) is 13.2 Å². The van der Waals surface area contributed by atoms with Crippen LogP contribution in [-0.4, -0.2) is 4.21 Å². The zero-order valence-electron chi connectivity index (χ0n) is 13.0. The van der Waals surface area contributed by atoms with Crippen molar-refractivity contribution in [1.29, 1.82) is 0 Å². The molecule has 0 heterocycles. The van der Waals surface area contributed by atoms with Gasteiger partial charge < -0.3 is 0 Å². The summed E-state index contributed by atoms with van der Waals surface area (Å²) in [4.78, 5) is 0. The first-order chi connectivity index (χ1) is 11.9. The molecule has 0 fully saturated rings. The minimum Gasteiger partial charge on any atom is -0.250 e. The molecule has 0 aliphatic rings. The van der Waals surface area contributed by atoms with Crippen molar-refractivity contribution >= 4 is 11.0 Å². The molecular formula is C19H14F3NOS. The Morgan fingerprint density at radius 1 is 0.600 bits per heavy atom. The molecule has 2 nitrogen and oxygen atoms in total. The third-order valence-electron chi connectivity index (χ3n) is 4.05. The van der Waals surface area contributed by atoms with E-state index in [0.29, 0.717) is 16.7 Å². The molecule has 0 radical (unpaired) electrons. The standard InChI is InChI=1S/C19H14F3NOS/c20-16-7-1-13(2-8-16)19(25(23)24,14-3-9-17(21)10-4-14)15-5-11-18(22)12-6-15/h1-12H,23H2. The summed E-state index contributed by atoms with van der Waals surface area (Å²) in [5.41, 5.74) is 1.36. The molecule has 2 N–H and O–H groups in total. The summed E-state index contributed by atoms with van der Waals surface area (Å²) in [6.07, 6.45) is 0. The van der Waals surface area contributed by atoms with Crippen molar-refractivity contribution in [3.63, 3.8) is 0 Å². The maximum atomic E-state index is 13.4. The highest BCUT2D eigenvalue weighted by Crippen LogP contribution is 2.41. The molecule has 0 spiro atoms. The van der Waals surface area contributed by atoms with Gasteiger partial charge in [-0.1, -0.05) is 36.4 Å². The summed E-state index contributed by atoms with van der Waals surface area (Å²) in [6, 6.07) is 16.1. The number of benzene rings is 3. The lowest BCUT2D eigenvalue weighted by Crippen LogP contribution is -2.38. The molecule has 3 aromatic rings. The summed E-state index contributed by atoms with van der Waals surface area (Å²) in [5.74, 6) is -1.38. The lowest BCUT2D eigenvalue weighted by Gasteiger charge is -2.33. The highest BCUT2D eigenvalue weighted by atomic mass is 32.2. The molecule has 0 bridgehead atoms. The number of nitrogens with two attached hydrogens (primary N) is 1. The van der Waals surface area contributed by atoms with Crippen LogP contribution in [0.3, 0.4) is 0 Å². The molecule has 0 saturated heterocycles. The first kappa shape index (κ1) is 17.4. The molecule has 128 valence electrons. The Balaban J connectivity index is 2.35. The molecule has 1 atom stereocenters. The van der Waals surface area contributed by atoms with Gasteiger partial charge in [-0.05, 0) is 53.1 Å². The fourth-order valence-electron chi connectivity index (χ4n) is 2.90. The average molecular weight is 361 g/mol. The summed E-state index contributed by atoms with van der Waals surface area (Å²) in [5, 5.41) is 5.87. The molecule has 0 amide bonds. The number of halogens is 3. The van der Waals surface area contributed by atoms with E-state index >= 15 is 0 Å². The van der Waals surface area contributed by atoms with Gasteiger partial charge in [-0.15, -0.1) is 0 Å². The zero-order valence-corrected chi connectivity index (χ0v) is 13.8. The molecule has 3 aromatic carbocycles. The van der Waals surface area contributed by atoms with Crippen molar-refractivity contribution in [2.45, 2.75) is 4.75 Å². The highest BCUT2D eigenvalue weighted by Gasteiger charge is 2.41. The van der Waals surface area contributed by atoms with Gasteiger partial charge in [0.05, 0.1) is 0 Å². The Bertz CT molecular complexity index is 783. The molecular weight excluding hydrogens is 347 g/mol. The van der Waals surface area contributed by atoms with Crippen LogP contribution >= 0.6 is 0 Å². The third kappa shape index (κ3) is 3.10. The van der Waals surface area contributed by atoms with Crippen molar-refractivity contribution in [2.24, 2.45) is 5.14 Å². The second-order valence-electron chi connectivity index (χ2n) is 5.50. The number of hydrogen-bond donors (Lipinski definition) is 1. The quantitative estimate of drug-likeness (QED) is 0.701. The molecule has 0 aromatic heterocycles. The van der Waals surface area contributed by atoms with Crippen LogP contribution in [0.1, 0.15) is 16.7 Å². The van der Waals surface area contributed by atoms with Crippen LogP contribution in [-0.2, 0) is 15.7 Å². The molecule has 25 heavy (non-hydrogen) atoms. The van der Waals surface area contributed by atoms with Gasteiger partial charge in [-0.25, -0.2) is 17.4 Å². The van der Waals surface area contributed by atoms with Gasteiger partial charge in [-0.3, -0.25) is 5.14 Å². The Kier molecular flexibility index (Phi) is 4.74. The molecule has 1 unspecified atom stereocenters. The summed E-state index contributed by atoms with van der Waals surface area (Å²) in [7, 11) is -2.00. The fraction of sp³-hybridized carbons (Fsp3) is 0.0526. The maximum Gasteiger partial charge on any atom is 0.135 e. The van der Waals surface area contributed by atoms with E-state index in [0.717, 1.165) is 0 Å². The van der Waals surface area contributed by atoms with Gasteiger partial charge in [0.2, 0.25) is 0 Å². The fourth-order valence-corrected chi connectivity index (χ4v) is 4.01. The zero-order chi connectivity index (χ0) is 18.0. The first-order valence-electron chi connectivity index (χ1n) is 7.39. The summed E-state index contributed by atoms with van der Waals surface area (Å²) < 4.78 is 51.5. The Morgan fingerprint density at radius 2 is 0.840 bits per heavy atom. The van der Waals surface area contributed by atoms with Crippen molar-refractivity contribution in [3.8, 4) is 0 Å². The maximum absolute atomic E-state index is 13.4. The highest BCUT2D eigenvalue weighted by molar-refractivity contribution is 7.84. The van der Waals surface area contributed by atoms with Crippen LogP contribution in [0.5, 0.6) is 0 Å². The van der Waals surface area contributed by atoms with Crippen molar-refractivity contribution in [3.05, 3.63) is 107 Å². The molecule has 0 aliphatic carbocycles. The lowest BCUT2D eigenvalue weighted by atomic mass is 9.84. The minimum atomic E-state index is -2.00. The Hall–Kier alpha value is -2.44. The van der Waals surface area contributed by atoms with Crippen LogP contribution in [0.2, 0.25) is 0 Å². The summed E-state index contributed by atoms with van der Waals surface area (Å²) >= 11 is 0. The molecule has 3 rings (SSSR count).